The van der Waals surface area contributed by atoms with Crippen LogP contribution in [0.25, 0.3) is 0 Å². The van der Waals surface area contributed by atoms with E-state index in [4.69, 9.17) is 0 Å². The molecule has 0 aromatic heterocycles. The van der Waals surface area contributed by atoms with Crippen LogP contribution in [0.5, 0.6) is 0 Å². The van der Waals surface area contributed by atoms with Gasteiger partial charge in [0.15, 0.2) is 0 Å². The summed E-state index contributed by atoms with van der Waals surface area (Å²) < 4.78 is 0. The maximum absolute atomic E-state index is 9.77. The van der Waals surface area contributed by atoms with Crippen LogP contribution in [-0.4, -0.2) is 15.7 Å². The van der Waals surface area contributed by atoms with Gasteiger partial charge in [0.2, 0.25) is 0 Å². The lowest BCUT2D eigenvalue weighted by molar-refractivity contribution is 0.178. The minimum atomic E-state index is -0.345. The van der Waals surface area contributed by atoms with Gasteiger partial charge in [0.05, 0.1) is 10.9 Å². The first-order chi connectivity index (χ1) is 5.79. The normalized spacial score (nSPS) is 28.2. The lowest BCUT2D eigenvalue weighted by Gasteiger charge is -2.25. The third kappa shape index (κ3) is 1.41. The standard InChI is InChI=1S/C9H9BrOS/c10-7-5-12-8-4-2-1-3-6(8)9(7)11/h1-4,7,9,11H,5H2. The molecule has 3 heteroatoms. The van der Waals surface area contributed by atoms with Gasteiger partial charge in [-0.2, -0.15) is 0 Å². The van der Waals surface area contributed by atoms with Crippen molar-refractivity contribution in [2.75, 3.05) is 5.75 Å². The maximum Gasteiger partial charge on any atom is 0.0933 e. The summed E-state index contributed by atoms with van der Waals surface area (Å²) in [5.74, 6) is 0.943. The quantitative estimate of drug-likeness (QED) is 0.709. The summed E-state index contributed by atoms with van der Waals surface area (Å²) in [7, 11) is 0. The van der Waals surface area contributed by atoms with Crippen LogP contribution in [0.4, 0.5) is 0 Å². The van der Waals surface area contributed by atoms with Crippen molar-refractivity contribution in [2.24, 2.45) is 0 Å². The molecule has 0 radical (unpaired) electrons. The number of hydrogen-bond acceptors (Lipinski definition) is 2. The molecule has 0 aliphatic carbocycles. The van der Waals surface area contributed by atoms with Gasteiger partial charge in [-0.15, -0.1) is 11.8 Å². The first-order valence-electron chi connectivity index (χ1n) is 3.83. The minimum Gasteiger partial charge on any atom is -0.387 e. The van der Waals surface area contributed by atoms with Crippen molar-refractivity contribution in [1.29, 1.82) is 0 Å². The van der Waals surface area contributed by atoms with Gasteiger partial charge in [-0.25, -0.2) is 0 Å². The first-order valence-corrected chi connectivity index (χ1v) is 5.73. The molecule has 1 aromatic carbocycles. The van der Waals surface area contributed by atoms with Gasteiger partial charge < -0.3 is 5.11 Å². The Balaban J connectivity index is 2.42. The monoisotopic (exact) mass is 244 g/mol. The van der Waals surface area contributed by atoms with E-state index in [1.54, 1.807) is 11.8 Å². The second-order valence-electron chi connectivity index (χ2n) is 2.81. The van der Waals surface area contributed by atoms with E-state index in [9.17, 15) is 5.11 Å². The molecule has 1 N–H and O–H groups in total. The Morgan fingerprint density at radius 1 is 1.42 bits per heavy atom. The van der Waals surface area contributed by atoms with Crippen molar-refractivity contribution in [3.8, 4) is 0 Å². The van der Waals surface area contributed by atoms with Crippen LogP contribution in [0.1, 0.15) is 11.7 Å². The Morgan fingerprint density at radius 2 is 2.17 bits per heavy atom. The molecule has 12 heavy (non-hydrogen) atoms. The molecule has 2 unspecified atom stereocenters. The third-order valence-electron chi connectivity index (χ3n) is 1.98. The average Bonchev–Trinajstić information content (AvgIpc) is 2.12. The molecule has 1 nitrogen and oxygen atoms in total. The van der Waals surface area contributed by atoms with Crippen LogP contribution < -0.4 is 0 Å². The van der Waals surface area contributed by atoms with E-state index >= 15 is 0 Å². The molecular formula is C9H9BrOS. The fraction of sp³-hybridized carbons (Fsp3) is 0.333. The van der Waals surface area contributed by atoms with E-state index in [-0.39, 0.29) is 10.9 Å². The molecule has 1 aliphatic heterocycles. The maximum atomic E-state index is 9.77. The molecule has 0 amide bonds. The van der Waals surface area contributed by atoms with Gasteiger partial charge in [0.1, 0.15) is 0 Å². The van der Waals surface area contributed by atoms with Crippen LogP contribution in [-0.2, 0) is 0 Å². The van der Waals surface area contributed by atoms with Crippen LogP contribution in [0.3, 0.4) is 0 Å². The van der Waals surface area contributed by atoms with Crippen molar-refractivity contribution in [1.82, 2.24) is 0 Å². The number of rotatable bonds is 0. The van der Waals surface area contributed by atoms with Crippen molar-refractivity contribution in [3.63, 3.8) is 0 Å². The Bertz CT molecular complexity index is 290. The molecule has 0 spiro atoms. The third-order valence-corrected chi connectivity index (χ3v) is 4.44. The highest BCUT2D eigenvalue weighted by Gasteiger charge is 2.25. The largest absolute Gasteiger partial charge is 0.387 e. The predicted molar refractivity (Wildman–Crippen MR) is 54.8 cm³/mol. The molecule has 2 rings (SSSR count). The average molecular weight is 245 g/mol. The SMILES string of the molecule is OC1c2ccccc2SCC1Br. The molecule has 0 saturated heterocycles. The lowest BCUT2D eigenvalue weighted by Crippen LogP contribution is -2.19. The van der Waals surface area contributed by atoms with Gasteiger partial charge in [-0.3, -0.25) is 0 Å². The van der Waals surface area contributed by atoms with E-state index < -0.39 is 0 Å². The minimum absolute atomic E-state index is 0.192. The number of alkyl halides is 1. The van der Waals surface area contributed by atoms with Crippen molar-refractivity contribution < 1.29 is 5.11 Å². The molecule has 1 heterocycles. The first kappa shape index (κ1) is 8.60. The number of benzene rings is 1. The van der Waals surface area contributed by atoms with Gasteiger partial charge in [-0.1, -0.05) is 34.1 Å². The van der Waals surface area contributed by atoms with Crippen LogP contribution >= 0.6 is 27.7 Å². The summed E-state index contributed by atoms with van der Waals surface area (Å²) in [5.41, 5.74) is 1.05. The Kier molecular flexibility index (Phi) is 2.44. The number of aliphatic hydroxyl groups is 1. The van der Waals surface area contributed by atoms with E-state index in [0.717, 1.165) is 11.3 Å². The van der Waals surface area contributed by atoms with Gasteiger partial charge in [0, 0.05) is 10.6 Å². The fourth-order valence-electron chi connectivity index (χ4n) is 1.31. The molecule has 1 aliphatic rings. The number of fused-ring (bicyclic) bond motifs is 1. The van der Waals surface area contributed by atoms with E-state index in [2.05, 4.69) is 22.0 Å². The lowest BCUT2D eigenvalue weighted by atomic mass is 10.1. The van der Waals surface area contributed by atoms with Gasteiger partial charge >= 0.3 is 0 Å². The van der Waals surface area contributed by atoms with Gasteiger partial charge in [0.25, 0.3) is 0 Å². The summed E-state index contributed by atoms with van der Waals surface area (Å²) in [6.07, 6.45) is -0.345. The Labute approximate surface area is 84.3 Å². The predicted octanol–water partition coefficient (Wildman–Crippen LogP) is 2.59. The highest BCUT2D eigenvalue weighted by molar-refractivity contribution is 9.09. The number of aliphatic hydroxyl groups excluding tert-OH is 1. The summed E-state index contributed by atoms with van der Waals surface area (Å²) >= 11 is 5.25. The number of hydrogen-bond donors (Lipinski definition) is 1. The zero-order valence-corrected chi connectivity index (χ0v) is 8.81. The molecule has 1 aromatic rings. The summed E-state index contributed by atoms with van der Waals surface area (Å²) in [6.45, 7) is 0. The van der Waals surface area contributed by atoms with Crippen LogP contribution in [0, 0.1) is 0 Å². The molecule has 2 atom stereocenters. The van der Waals surface area contributed by atoms with Crippen molar-refractivity contribution in [3.05, 3.63) is 29.8 Å². The second-order valence-corrected chi connectivity index (χ2v) is 5.05. The number of halogens is 1. The van der Waals surface area contributed by atoms with E-state index in [1.807, 2.05) is 18.2 Å². The van der Waals surface area contributed by atoms with Crippen molar-refractivity contribution >= 4 is 27.7 Å². The fourth-order valence-corrected chi connectivity index (χ4v) is 3.04. The molecule has 64 valence electrons. The topological polar surface area (TPSA) is 20.2 Å². The Hall–Kier alpha value is 0.01000. The summed E-state index contributed by atoms with van der Waals surface area (Å²) in [4.78, 5) is 1.40. The second kappa shape index (κ2) is 3.40. The summed E-state index contributed by atoms with van der Waals surface area (Å²) in [5, 5.41) is 9.77. The molecule has 0 fully saturated rings. The molecule has 0 saturated carbocycles. The van der Waals surface area contributed by atoms with E-state index in [1.165, 1.54) is 4.90 Å². The van der Waals surface area contributed by atoms with Crippen LogP contribution in [0.2, 0.25) is 0 Å². The number of thioether (sulfide) groups is 1. The zero-order valence-electron chi connectivity index (χ0n) is 6.40. The highest BCUT2D eigenvalue weighted by atomic mass is 79.9. The molecular weight excluding hydrogens is 236 g/mol. The Morgan fingerprint density at radius 3 is 3.00 bits per heavy atom. The van der Waals surface area contributed by atoms with Crippen molar-refractivity contribution in [2.45, 2.75) is 15.8 Å². The zero-order chi connectivity index (χ0) is 8.55. The molecule has 0 bridgehead atoms. The summed E-state index contributed by atoms with van der Waals surface area (Å²) in [6, 6.07) is 8.02. The van der Waals surface area contributed by atoms with Crippen LogP contribution in [0.15, 0.2) is 29.2 Å². The van der Waals surface area contributed by atoms with E-state index in [0.29, 0.717) is 0 Å². The van der Waals surface area contributed by atoms with Gasteiger partial charge in [-0.05, 0) is 11.6 Å². The highest BCUT2D eigenvalue weighted by Crippen LogP contribution is 2.38. The smallest absolute Gasteiger partial charge is 0.0933 e.